The minimum atomic E-state index is -0.389. The number of halogens is 2. The Balaban J connectivity index is 1.91. The van der Waals surface area contributed by atoms with Gasteiger partial charge in [0.2, 0.25) is 0 Å². The van der Waals surface area contributed by atoms with Crippen LogP contribution in [0.15, 0.2) is 18.2 Å². The highest BCUT2D eigenvalue weighted by Gasteiger charge is 2.29. The quantitative estimate of drug-likeness (QED) is 0.793. The fourth-order valence-electron chi connectivity index (χ4n) is 2.43. The molecule has 0 bridgehead atoms. The molecule has 1 aromatic rings. The van der Waals surface area contributed by atoms with Crippen LogP contribution in [0.3, 0.4) is 0 Å². The van der Waals surface area contributed by atoms with E-state index in [4.69, 9.17) is 16.3 Å². The second-order valence-corrected chi connectivity index (χ2v) is 5.83. The molecule has 5 heteroatoms. The average molecular weight is 301 g/mol. The topological polar surface area (TPSA) is 33.3 Å². The summed E-state index contributed by atoms with van der Waals surface area (Å²) >= 11 is 5.72. The SMILES string of the molecule is CC(C)NCCNC1CCOC1c1ccc(Cl)c(F)c1. The smallest absolute Gasteiger partial charge is 0.142 e. The molecule has 1 fully saturated rings. The van der Waals surface area contributed by atoms with Gasteiger partial charge in [0.05, 0.1) is 11.1 Å². The van der Waals surface area contributed by atoms with Crippen LogP contribution in [0, 0.1) is 5.82 Å². The summed E-state index contributed by atoms with van der Waals surface area (Å²) in [6.07, 6.45) is 0.845. The molecule has 0 spiro atoms. The molecule has 0 aliphatic carbocycles. The van der Waals surface area contributed by atoms with E-state index in [9.17, 15) is 4.39 Å². The van der Waals surface area contributed by atoms with Crippen LogP contribution in [-0.2, 0) is 4.74 Å². The summed E-state index contributed by atoms with van der Waals surface area (Å²) in [4.78, 5) is 0. The van der Waals surface area contributed by atoms with Gasteiger partial charge >= 0.3 is 0 Å². The predicted molar refractivity (Wildman–Crippen MR) is 79.6 cm³/mol. The van der Waals surface area contributed by atoms with Crippen molar-refractivity contribution in [1.82, 2.24) is 10.6 Å². The molecule has 2 atom stereocenters. The van der Waals surface area contributed by atoms with Gasteiger partial charge in [-0.2, -0.15) is 0 Å². The molecule has 0 saturated carbocycles. The van der Waals surface area contributed by atoms with Gasteiger partial charge in [-0.05, 0) is 24.1 Å². The molecule has 1 aromatic carbocycles. The normalized spacial score (nSPS) is 22.6. The van der Waals surface area contributed by atoms with Crippen LogP contribution in [0.25, 0.3) is 0 Å². The van der Waals surface area contributed by atoms with Crippen molar-refractivity contribution < 1.29 is 9.13 Å². The zero-order valence-corrected chi connectivity index (χ0v) is 12.7. The van der Waals surface area contributed by atoms with Gasteiger partial charge in [-0.25, -0.2) is 4.39 Å². The van der Waals surface area contributed by atoms with Gasteiger partial charge < -0.3 is 15.4 Å². The predicted octanol–water partition coefficient (Wildman–Crippen LogP) is 2.90. The van der Waals surface area contributed by atoms with E-state index >= 15 is 0 Å². The Kier molecular flexibility index (Phi) is 5.78. The molecule has 1 heterocycles. The first-order chi connectivity index (χ1) is 9.58. The summed E-state index contributed by atoms with van der Waals surface area (Å²) in [7, 11) is 0. The maximum Gasteiger partial charge on any atom is 0.142 e. The van der Waals surface area contributed by atoms with E-state index in [-0.39, 0.29) is 23.0 Å². The molecule has 3 nitrogen and oxygen atoms in total. The Morgan fingerprint density at radius 2 is 2.20 bits per heavy atom. The van der Waals surface area contributed by atoms with Gasteiger partial charge in [-0.15, -0.1) is 0 Å². The van der Waals surface area contributed by atoms with E-state index in [0.717, 1.165) is 25.1 Å². The third-order valence-corrected chi connectivity index (χ3v) is 3.75. The third kappa shape index (κ3) is 4.16. The maximum atomic E-state index is 13.5. The molecule has 0 radical (unpaired) electrons. The van der Waals surface area contributed by atoms with Gasteiger partial charge in [0.25, 0.3) is 0 Å². The van der Waals surface area contributed by atoms with Crippen molar-refractivity contribution >= 4 is 11.6 Å². The van der Waals surface area contributed by atoms with Crippen molar-refractivity contribution in [3.8, 4) is 0 Å². The first-order valence-electron chi connectivity index (χ1n) is 7.11. The zero-order chi connectivity index (χ0) is 14.5. The molecular formula is C15H22ClFN2O. The minimum Gasteiger partial charge on any atom is -0.372 e. The van der Waals surface area contributed by atoms with E-state index in [1.165, 1.54) is 6.07 Å². The lowest BCUT2D eigenvalue weighted by Crippen LogP contribution is -2.38. The first kappa shape index (κ1) is 15.7. The number of nitrogens with one attached hydrogen (secondary N) is 2. The lowest BCUT2D eigenvalue weighted by molar-refractivity contribution is 0.0986. The largest absolute Gasteiger partial charge is 0.372 e. The summed E-state index contributed by atoms with van der Waals surface area (Å²) < 4.78 is 19.3. The highest BCUT2D eigenvalue weighted by atomic mass is 35.5. The highest BCUT2D eigenvalue weighted by Crippen LogP contribution is 2.30. The molecule has 1 aliphatic heterocycles. The molecule has 20 heavy (non-hydrogen) atoms. The van der Waals surface area contributed by atoms with Crippen LogP contribution < -0.4 is 10.6 Å². The number of hydrogen-bond donors (Lipinski definition) is 2. The van der Waals surface area contributed by atoms with E-state index in [0.29, 0.717) is 12.6 Å². The molecule has 2 unspecified atom stereocenters. The van der Waals surface area contributed by atoms with Gasteiger partial charge in [-0.1, -0.05) is 31.5 Å². The zero-order valence-electron chi connectivity index (χ0n) is 12.0. The first-order valence-corrected chi connectivity index (χ1v) is 7.49. The monoisotopic (exact) mass is 300 g/mol. The Morgan fingerprint density at radius 3 is 2.90 bits per heavy atom. The highest BCUT2D eigenvalue weighted by molar-refractivity contribution is 6.30. The Morgan fingerprint density at radius 1 is 1.40 bits per heavy atom. The van der Waals surface area contributed by atoms with E-state index in [1.807, 2.05) is 6.07 Å². The summed E-state index contributed by atoms with van der Waals surface area (Å²) in [5, 5.41) is 6.99. The molecule has 0 amide bonds. The Labute approximate surface area is 124 Å². The number of rotatable bonds is 6. The Bertz CT molecular complexity index is 442. The lowest BCUT2D eigenvalue weighted by atomic mass is 10.0. The summed E-state index contributed by atoms with van der Waals surface area (Å²) in [5.74, 6) is -0.389. The molecule has 112 valence electrons. The van der Waals surface area contributed by atoms with Crippen molar-refractivity contribution in [2.75, 3.05) is 19.7 Å². The Hall–Kier alpha value is -0.680. The summed E-state index contributed by atoms with van der Waals surface area (Å²) in [5.41, 5.74) is 0.846. The van der Waals surface area contributed by atoms with Crippen molar-refractivity contribution in [3.63, 3.8) is 0 Å². The van der Waals surface area contributed by atoms with Crippen LogP contribution in [0.5, 0.6) is 0 Å². The lowest BCUT2D eigenvalue weighted by Gasteiger charge is -2.21. The molecule has 1 aliphatic rings. The van der Waals surface area contributed by atoms with Crippen molar-refractivity contribution in [3.05, 3.63) is 34.6 Å². The van der Waals surface area contributed by atoms with Crippen LogP contribution in [0.4, 0.5) is 4.39 Å². The maximum absolute atomic E-state index is 13.5. The van der Waals surface area contributed by atoms with Gasteiger partial charge in [-0.3, -0.25) is 0 Å². The number of benzene rings is 1. The van der Waals surface area contributed by atoms with Crippen LogP contribution >= 0.6 is 11.6 Å². The van der Waals surface area contributed by atoms with Crippen molar-refractivity contribution in [1.29, 1.82) is 0 Å². The van der Waals surface area contributed by atoms with Crippen molar-refractivity contribution in [2.45, 2.75) is 38.5 Å². The number of hydrogen-bond acceptors (Lipinski definition) is 3. The second-order valence-electron chi connectivity index (χ2n) is 5.42. The van der Waals surface area contributed by atoms with Crippen molar-refractivity contribution in [2.24, 2.45) is 0 Å². The molecule has 0 aromatic heterocycles. The van der Waals surface area contributed by atoms with E-state index in [1.54, 1.807) is 6.07 Å². The standard InChI is InChI=1S/C15H22ClFN2O/c1-10(2)18-6-7-19-14-5-8-20-15(14)11-3-4-12(16)13(17)9-11/h3-4,9-10,14-15,18-19H,5-8H2,1-2H3. The third-order valence-electron chi connectivity index (χ3n) is 3.45. The fourth-order valence-corrected chi connectivity index (χ4v) is 2.55. The van der Waals surface area contributed by atoms with E-state index < -0.39 is 0 Å². The average Bonchev–Trinajstić information content (AvgIpc) is 2.86. The molecular weight excluding hydrogens is 279 g/mol. The summed E-state index contributed by atoms with van der Waals surface area (Å²) in [6, 6.07) is 5.61. The second kappa shape index (κ2) is 7.36. The minimum absolute atomic E-state index is 0.0965. The van der Waals surface area contributed by atoms with Gasteiger partial charge in [0.1, 0.15) is 5.82 Å². The molecule has 2 N–H and O–H groups in total. The van der Waals surface area contributed by atoms with Gasteiger partial charge in [0.15, 0.2) is 0 Å². The van der Waals surface area contributed by atoms with E-state index in [2.05, 4.69) is 24.5 Å². The molecule has 2 rings (SSSR count). The summed E-state index contributed by atoms with van der Waals surface area (Å²) in [6.45, 7) is 6.73. The van der Waals surface area contributed by atoms with Gasteiger partial charge in [0, 0.05) is 31.8 Å². The fraction of sp³-hybridized carbons (Fsp3) is 0.600. The molecule has 1 saturated heterocycles. The number of ether oxygens (including phenoxy) is 1. The van der Waals surface area contributed by atoms with Crippen LogP contribution in [0.2, 0.25) is 5.02 Å². The van der Waals surface area contributed by atoms with Crippen LogP contribution in [-0.4, -0.2) is 31.8 Å². The van der Waals surface area contributed by atoms with Crippen LogP contribution in [0.1, 0.15) is 31.9 Å².